The van der Waals surface area contributed by atoms with Crippen molar-refractivity contribution in [1.29, 1.82) is 0 Å². The molecule has 1 aromatic heterocycles. The van der Waals surface area contributed by atoms with Crippen LogP contribution in [-0.2, 0) is 27.3 Å². The zero-order chi connectivity index (χ0) is 33.4. The molecular weight excluding hydrogens is 633 g/mol. The fraction of sp³-hybridized carbons (Fsp3) is 0.273. The van der Waals surface area contributed by atoms with Gasteiger partial charge in [-0.1, -0.05) is 59.6 Å². The molecule has 0 aliphatic rings. The van der Waals surface area contributed by atoms with E-state index in [1.165, 1.54) is 18.3 Å². The number of ether oxygens (including phenoxy) is 1. The maximum Gasteiger partial charge on any atom is 0.408 e. The lowest BCUT2D eigenvalue weighted by atomic mass is 10.0. The second-order valence-corrected chi connectivity index (χ2v) is 12.3. The first-order valence-electron chi connectivity index (χ1n) is 14.4. The van der Waals surface area contributed by atoms with E-state index in [1.807, 2.05) is 41.1 Å². The number of halogens is 2. The summed E-state index contributed by atoms with van der Waals surface area (Å²) < 4.78 is 7.20. The van der Waals surface area contributed by atoms with Crippen molar-refractivity contribution in [1.82, 2.24) is 20.6 Å². The van der Waals surface area contributed by atoms with Crippen molar-refractivity contribution in [3.63, 3.8) is 0 Å². The second kappa shape index (κ2) is 15.1. The van der Waals surface area contributed by atoms with E-state index in [0.717, 1.165) is 22.0 Å². The van der Waals surface area contributed by atoms with Crippen LogP contribution in [0.1, 0.15) is 37.5 Å². The van der Waals surface area contributed by atoms with Crippen LogP contribution in [0.4, 0.5) is 4.79 Å². The summed E-state index contributed by atoms with van der Waals surface area (Å²) in [6.07, 6.45) is 2.53. The summed E-state index contributed by atoms with van der Waals surface area (Å²) in [5.41, 5.74) is 4.91. The number of nitrogens with zero attached hydrogens (tertiary/aromatic N) is 2. The lowest BCUT2D eigenvalue weighted by molar-refractivity contribution is -0.130. The molecule has 0 radical (unpaired) electrons. The quantitative estimate of drug-likeness (QED) is 0.115. The van der Waals surface area contributed by atoms with E-state index in [2.05, 4.69) is 21.2 Å². The molecule has 4 rings (SSSR count). The number of alkyl carbamates (subject to hydrolysis) is 1. The molecule has 1 heterocycles. The number of nitrogens with one attached hydrogen (secondary N) is 3. The molecule has 0 aliphatic carbocycles. The van der Waals surface area contributed by atoms with Crippen molar-refractivity contribution in [3.8, 4) is 5.75 Å². The van der Waals surface area contributed by atoms with Crippen LogP contribution >= 0.6 is 23.2 Å². The average molecular weight is 669 g/mol. The van der Waals surface area contributed by atoms with E-state index in [4.69, 9.17) is 27.9 Å². The normalized spacial score (nSPS) is 12.9. The van der Waals surface area contributed by atoms with Gasteiger partial charge in [0.15, 0.2) is 0 Å². The fourth-order valence-electron chi connectivity index (χ4n) is 4.58. The number of aromatic nitrogens is 1. The maximum absolute atomic E-state index is 13.3. The molecule has 0 fully saturated rings. The summed E-state index contributed by atoms with van der Waals surface area (Å²) in [4.78, 5) is 38.6. The van der Waals surface area contributed by atoms with Gasteiger partial charge in [0.1, 0.15) is 23.4 Å². The Morgan fingerprint density at radius 2 is 1.63 bits per heavy atom. The highest BCUT2D eigenvalue weighted by Crippen LogP contribution is 2.25. The van der Waals surface area contributed by atoms with Gasteiger partial charge in [0.05, 0.1) is 22.9 Å². The number of hydrogen-bond acceptors (Lipinski definition) is 7. The van der Waals surface area contributed by atoms with Crippen LogP contribution < -0.4 is 16.1 Å². The number of aliphatic hydroxyl groups is 1. The number of para-hydroxylation sites is 1. The predicted octanol–water partition coefficient (Wildman–Crippen LogP) is 4.77. The maximum atomic E-state index is 13.3. The molecule has 3 amide bonds. The van der Waals surface area contributed by atoms with Crippen molar-refractivity contribution in [2.24, 2.45) is 5.10 Å². The Balaban J connectivity index is 1.51. The standard InChI is InChI=1S/C33H35Cl2N5O6/c1-33(2,3)46-32(45)38-28(19-41)30(43)37-27(15-20-8-11-23(42)12-9-20)31(44)39-36-16-22-18-40(29-7-5-4-6-24(22)29)17-21-10-13-25(34)26(35)14-21/h4-14,16,18,27-28,41-42H,15,17,19H2,1-3H3,(H,37,43)(H,38,45)(H,39,44)/b36-16-/t27-,28-/m0/s1. The number of phenolic OH excluding ortho intramolecular Hbond substituents is 1. The summed E-state index contributed by atoms with van der Waals surface area (Å²) in [7, 11) is 0. The van der Waals surface area contributed by atoms with E-state index in [9.17, 15) is 24.6 Å². The lowest BCUT2D eigenvalue weighted by Crippen LogP contribution is -2.55. The highest BCUT2D eigenvalue weighted by atomic mass is 35.5. The minimum atomic E-state index is -1.38. The molecule has 4 aromatic rings. The fourth-order valence-corrected chi connectivity index (χ4v) is 4.90. The molecular formula is C33H35Cl2N5O6. The Bertz CT molecular complexity index is 1730. The zero-order valence-electron chi connectivity index (χ0n) is 25.5. The van der Waals surface area contributed by atoms with Crippen LogP contribution in [0, 0.1) is 0 Å². The molecule has 0 unspecified atom stereocenters. The van der Waals surface area contributed by atoms with Gasteiger partial charge in [-0.2, -0.15) is 5.10 Å². The van der Waals surface area contributed by atoms with Gasteiger partial charge in [0, 0.05) is 35.6 Å². The third-order valence-corrected chi connectivity index (χ3v) is 7.47. The van der Waals surface area contributed by atoms with Crippen molar-refractivity contribution in [2.75, 3.05) is 6.61 Å². The van der Waals surface area contributed by atoms with Gasteiger partial charge < -0.3 is 30.2 Å². The van der Waals surface area contributed by atoms with Gasteiger partial charge >= 0.3 is 6.09 Å². The van der Waals surface area contributed by atoms with Gasteiger partial charge in [-0.15, -0.1) is 0 Å². The Hall–Kier alpha value is -4.58. The average Bonchev–Trinajstić information content (AvgIpc) is 3.34. The Kier molecular flexibility index (Phi) is 11.3. The van der Waals surface area contributed by atoms with Crippen LogP contribution in [-0.4, -0.2) is 63.2 Å². The molecule has 11 nitrogen and oxygen atoms in total. The third kappa shape index (κ3) is 9.46. The topological polar surface area (TPSA) is 154 Å². The van der Waals surface area contributed by atoms with E-state index in [0.29, 0.717) is 22.2 Å². The highest BCUT2D eigenvalue weighted by molar-refractivity contribution is 6.42. The molecule has 5 N–H and O–H groups in total. The van der Waals surface area contributed by atoms with Crippen LogP contribution in [0.15, 0.2) is 78.0 Å². The minimum absolute atomic E-state index is 0.0287. The number of amides is 3. The first kappa shape index (κ1) is 34.3. The van der Waals surface area contributed by atoms with Crippen molar-refractivity contribution in [2.45, 2.75) is 51.4 Å². The molecule has 0 aliphatic heterocycles. The highest BCUT2D eigenvalue weighted by Gasteiger charge is 2.28. The molecule has 46 heavy (non-hydrogen) atoms. The van der Waals surface area contributed by atoms with Gasteiger partial charge in [-0.25, -0.2) is 10.2 Å². The number of rotatable bonds is 11. The van der Waals surface area contributed by atoms with Crippen molar-refractivity contribution in [3.05, 3.63) is 99.7 Å². The van der Waals surface area contributed by atoms with E-state index < -0.39 is 42.2 Å². The number of carbonyl (C=O) groups excluding carboxylic acids is 3. The molecule has 2 atom stereocenters. The molecule has 0 saturated carbocycles. The SMILES string of the molecule is CC(C)(C)OC(=O)N[C@@H](CO)C(=O)N[C@@H](Cc1ccc(O)cc1)C(=O)N/N=C\c1cn(Cc2ccc(Cl)c(Cl)c2)c2ccccc12. The number of carbonyl (C=O) groups is 3. The monoisotopic (exact) mass is 667 g/mol. The second-order valence-electron chi connectivity index (χ2n) is 11.5. The summed E-state index contributed by atoms with van der Waals surface area (Å²) in [5, 5.41) is 30.3. The summed E-state index contributed by atoms with van der Waals surface area (Å²) in [6.45, 7) is 4.76. The summed E-state index contributed by atoms with van der Waals surface area (Å²) in [5.74, 6) is -1.41. The molecule has 0 saturated heterocycles. The van der Waals surface area contributed by atoms with Gasteiger partial charge in [0.2, 0.25) is 5.91 Å². The molecule has 13 heteroatoms. The number of hydrazone groups is 1. The van der Waals surface area contributed by atoms with Gasteiger partial charge in [-0.3, -0.25) is 9.59 Å². The van der Waals surface area contributed by atoms with E-state index in [-0.39, 0.29) is 12.2 Å². The van der Waals surface area contributed by atoms with Crippen molar-refractivity contribution < 1.29 is 29.3 Å². The largest absolute Gasteiger partial charge is 0.508 e. The van der Waals surface area contributed by atoms with E-state index in [1.54, 1.807) is 45.0 Å². The lowest BCUT2D eigenvalue weighted by Gasteiger charge is -2.24. The Morgan fingerprint density at radius 3 is 2.30 bits per heavy atom. The first-order chi connectivity index (χ1) is 21.8. The smallest absolute Gasteiger partial charge is 0.408 e. The van der Waals surface area contributed by atoms with Gasteiger partial charge in [0.25, 0.3) is 5.91 Å². The third-order valence-electron chi connectivity index (χ3n) is 6.73. The van der Waals surface area contributed by atoms with Crippen molar-refractivity contribution >= 4 is 58.2 Å². The number of hydrogen-bond donors (Lipinski definition) is 5. The number of phenols is 1. The number of aromatic hydroxyl groups is 1. The van der Waals surface area contributed by atoms with Crippen LogP contribution in [0.3, 0.4) is 0 Å². The Morgan fingerprint density at radius 1 is 0.935 bits per heavy atom. The van der Waals surface area contributed by atoms with Gasteiger partial charge in [-0.05, 0) is 62.2 Å². The zero-order valence-corrected chi connectivity index (χ0v) is 27.0. The molecule has 0 spiro atoms. The van der Waals surface area contributed by atoms with Crippen LogP contribution in [0.2, 0.25) is 10.0 Å². The predicted molar refractivity (Wildman–Crippen MR) is 177 cm³/mol. The number of benzene rings is 3. The number of aliphatic hydroxyl groups excluding tert-OH is 1. The number of fused-ring (bicyclic) bond motifs is 1. The summed E-state index contributed by atoms with van der Waals surface area (Å²) in [6, 6.07) is 16.8. The molecule has 0 bridgehead atoms. The Labute approximate surface area is 276 Å². The molecule has 242 valence electrons. The van der Waals surface area contributed by atoms with Crippen LogP contribution in [0.25, 0.3) is 10.9 Å². The first-order valence-corrected chi connectivity index (χ1v) is 15.1. The minimum Gasteiger partial charge on any atom is -0.508 e. The summed E-state index contributed by atoms with van der Waals surface area (Å²) >= 11 is 12.3. The molecule has 3 aromatic carbocycles. The van der Waals surface area contributed by atoms with Crippen LogP contribution in [0.5, 0.6) is 5.75 Å². The van der Waals surface area contributed by atoms with E-state index >= 15 is 0 Å².